The van der Waals surface area contributed by atoms with E-state index in [1.807, 2.05) is 42.6 Å². The van der Waals surface area contributed by atoms with Crippen LogP contribution in [0.1, 0.15) is 24.7 Å². The van der Waals surface area contributed by atoms with Crippen LogP contribution >= 0.6 is 0 Å². The van der Waals surface area contributed by atoms with Crippen LogP contribution in [0.2, 0.25) is 0 Å². The summed E-state index contributed by atoms with van der Waals surface area (Å²) in [5.41, 5.74) is 5.07. The molecule has 0 spiro atoms. The van der Waals surface area contributed by atoms with Gasteiger partial charge in [0.2, 0.25) is 0 Å². The molecule has 2 rings (SSSR count). The lowest BCUT2D eigenvalue weighted by Gasteiger charge is -2.07. The van der Waals surface area contributed by atoms with E-state index in [2.05, 4.69) is 15.8 Å². The Morgan fingerprint density at radius 1 is 1.47 bits per heavy atom. The molecular weight excluding hydrogens is 244 g/mol. The maximum atomic E-state index is 11.5. The number of carbonyl (C=O) groups is 1. The molecule has 0 saturated heterocycles. The van der Waals surface area contributed by atoms with Gasteiger partial charge in [-0.25, -0.2) is 15.3 Å². The summed E-state index contributed by atoms with van der Waals surface area (Å²) in [4.78, 5) is 20.9. The molecule has 2 aromatic heterocycles. The maximum absolute atomic E-state index is 11.5. The summed E-state index contributed by atoms with van der Waals surface area (Å²) < 4.78 is 1.96. The molecule has 2 N–H and O–H groups in total. The summed E-state index contributed by atoms with van der Waals surface area (Å²) >= 11 is 0. The first-order valence-corrected chi connectivity index (χ1v) is 6.30. The summed E-state index contributed by atoms with van der Waals surface area (Å²) in [7, 11) is 0. The number of hydrogen-bond donors (Lipinski definition) is 2. The smallest absolute Gasteiger partial charge is 0.331 e. The van der Waals surface area contributed by atoms with Gasteiger partial charge in [0.1, 0.15) is 5.65 Å². The Labute approximate surface area is 111 Å². The number of aromatic nitrogens is 2. The molecule has 6 nitrogen and oxygen atoms in total. The van der Waals surface area contributed by atoms with Crippen molar-refractivity contribution in [2.75, 3.05) is 6.61 Å². The number of amides is 2. The number of aryl methyl sites for hydroxylation is 1. The van der Waals surface area contributed by atoms with E-state index in [1.54, 1.807) is 0 Å². The van der Waals surface area contributed by atoms with Crippen molar-refractivity contribution in [3.05, 3.63) is 35.8 Å². The van der Waals surface area contributed by atoms with Crippen molar-refractivity contribution in [1.82, 2.24) is 20.2 Å². The lowest BCUT2D eigenvalue weighted by atomic mass is 10.3. The molecule has 2 aromatic rings. The summed E-state index contributed by atoms with van der Waals surface area (Å²) in [6.45, 7) is 4.80. The molecule has 19 heavy (non-hydrogen) atoms. The van der Waals surface area contributed by atoms with E-state index in [0.29, 0.717) is 13.2 Å². The fraction of sp³-hybridized carbons (Fsp3) is 0.385. The molecule has 0 bridgehead atoms. The first-order chi connectivity index (χ1) is 9.22. The molecule has 2 heterocycles. The fourth-order valence-electron chi connectivity index (χ4n) is 1.80. The minimum atomic E-state index is -0.348. The molecule has 6 heteroatoms. The van der Waals surface area contributed by atoms with E-state index >= 15 is 0 Å². The molecule has 0 aromatic carbocycles. The Kier molecular flexibility index (Phi) is 4.35. The number of urea groups is 1. The summed E-state index contributed by atoms with van der Waals surface area (Å²) in [5.74, 6) is 0. The predicted molar refractivity (Wildman–Crippen MR) is 71.5 cm³/mol. The lowest BCUT2D eigenvalue weighted by molar-refractivity contribution is 0.0615. The highest BCUT2D eigenvalue weighted by Crippen LogP contribution is 2.11. The number of nitrogens with one attached hydrogen (secondary N) is 2. The second kappa shape index (κ2) is 6.19. The Balaban J connectivity index is 1.98. The second-order valence-corrected chi connectivity index (χ2v) is 4.21. The molecule has 0 aliphatic carbocycles. The molecule has 0 fully saturated rings. The minimum Gasteiger partial charge on any atom is -0.331 e. The SMILES string of the molecule is CCCONC(=O)NCc1c(C)nc2ccccn12. The van der Waals surface area contributed by atoms with E-state index < -0.39 is 0 Å². The summed E-state index contributed by atoms with van der Waals surface area (Å²) in [6, 6.07) is 5.45. The molecular formula is C13H18N4O2. The highest BCUT2D eigenvalue weighted by Gasteiger charge is 2.09. The third-order valence-electron chi connectivity index (χ3n) is 2.72. The zero-order valence-electron chi connectivity index (χ0n) is 11.1. The molecule has 0 saturated carbocycles. The van der Waals surface area contributed by atoms with Gasteiger partial charge in [-0.1, -0.05) is 13.0 Å². The predicted octanol–water partition coefficient (Wildman–Crippen LogP) is 1.78. The number of imidazole rings is 1. The van der Waals surface area contributed by atoms with Gasteiger partial charge < -0.3 is 9.72 Å². The van der Waals surface area contributed by atoms with Crippen LogP contribution in [0.5, 0.6) is 0 Å². The number of pyridine rings is 1. The van der Waals surface area contributed by atoms with E-state index in [-0.39, 0.29) is 6.03 Å². The molecule has 0 atom stereocenters. The van der Waals surface area contributed by atoms with Crippen LogP contribution in [0, 0.1) is 6.92 Å². The minimum absolute atomic E-state index is 0.348. The number of rotatable bonds is 5. The Morgan fingerprint density at radius 3 is 3.11 bits per heavy atom. The van der Waals surface area contributed by atoms with Gasteiger partial charge in [0.25, 0.3) is 0 Å². The quantitative estimate of drug-likeness (QED) is 0.637. The van der Waals surface area contributed by atoms with Gasteiger partial charge >= 0.3 is 6.03 Å². The monoisotopic (exact) mass is 262 g/mol. The van der Waals surface area contributed by atoms with Crippen molar-refractivity contribution in [3.63, 3.8) is 0 Å². The van der Waals surface area contributed by atoms with Gasteiger partial charge in [-0.2, -0.15) is 0 Å². The van der Waals surface area contributed by atoms with E-state index in [1.165, 1.54) is 0 Å². The topological polar surface area (TPSA) is 67.7 Å². The third-order valence-corrected chi connectivity index (χ3v) is 2.72. The normalized spacial score (nSPS) is 10.6. The number of hydroxylamine groups is 1. The van der Waals surface area contributed by atoms with E-state index in [0.717, 1.165) is 23.5 Å². The molecule has 102 valence electrons. The highest BCUT2D eigenvalue weighted by atomic mass is 16.7. The van der Waals surface area contributed by atoms with Crippen molar-refractivity contribution >= 4 is 11.7 Å². The standard InChI is InChI=1S/C13H18N4O2/c1-3-8-19-16-13(18)14-9-11-10(2)15-12-6-4-5-7-17(11)12/h4-7H,3,8-9H2,1-2H3,(H2,14,16,18). The van der Waals surface area contributed by atoms with Crippen molar-refractivity contribution < 1.29 is 9.63 Å². The van der Waals surface area contributed by atoms with Crippen molar-refractivity contribution in [1.29, 1.82) is 0 Å². The lowest BCUT2D eigenvalue weighted by Crippen LogP contribution is -2.35. The molecule has 0 aliphatic heterocycles. The van der Waals surface area contributed by atoms with E-state index in [9.17, 15) is 4.79 Å². The van der Waals surface area contributed by atoms with Gasteiger partial charge in [0.05, 0.1) is 24.5 Å². The molecule has 0 radical (unpaired) electrons. The van der Waals surface area contributed by atoms with Crippen molar-refractivity contribution in [3.8, 4) is 0 Å². The van der Waals surface area contributed by atoms with Crippen molar-refractivity contribution in [2.24, 2.45) is 0 Å². The zero-order valence-corrected chi connectivity index (χ0v) is 11.1. The Bertz CT molecular complexity index is 565. The van der Waals surface area contributed by atoms with Gasteiger partial charge in [-0.15, -0.1) is 0 Å². The van der Waals surface area contributed by atoms with Crippen LogP contribution < -0.4 is 10.8 Å². The number of carbonyl (C=O) groups excluding carboxylic acids is 1. The largest absolute Gasteiger partial charge is 0.339 e. The van der Waals surface area contributed by atoms with E-state index in [4.69, 9.17) is 4.84 Å². The van der Waals surface area contributed by atoms with Gasteiger partial charge in [-0.05, 0) is 25.5 Å². The Morgan fingerprint density at radius 2 is 2.32 bits per heavy atom. The van der Waals surface area contributed by atoms with Gasteiger partial charge in [0.15, 0.2) is 0 Å². The number of nitrogens with zero attached hydrogens (tertiary/aromatic N) is 2. The van der Waals surface area contributed by atoms with Crippen molar-refractivity contribution in [2.45, 2.75) is 26.8 Å². The highest BCUT2D eigenvalue weighted by molar-refractivity contribution is 5.72. The van der Waals surface area contributed by atoms with Gasteiger partial charge in [0, 0.05) is 6.20 Å². The molecule has 0 aliphatic rings. The zero-order chi connectivity index (χ0) is 13.7. The summed E-state index contributed by atoms with van der Waals surface area (Å²) in [6.07, 6.45) is 2.78. The van der Waals surface area contributed by atoms with Crippen LogP contribution in [0.3, 0.4) is 0 Å². The first kappa shape index (κ1) is 13.4. The van der Waals surface area contributed by atoms with Crippen LogP contribution in [-0.2, 0) is 11.4 Å². The third kappa shape index (κ3) is 3.23. The average molecular weight is 262 g/mol. The van der Waals surface area contributed by atoms with Crippen LogP contribution in [0.15, 0.2) is 24.4 Å². The fourth-order valence-corrected chi connectivity index (χ4v) is 1.80. The molecule has 2 amide bonds. The first-order valence-electron chi connectivity index (χ1n) is 6.30. The van der Waals surface area contributed by atoms with Crippen LogP contribution in [0.25, 0.3) is 5.65 Å². The Hall–Kier alpha value is -2.08. The van der Waals surface area contributed by atoms with Crippen LogP contribution in [-0.4, -0.2) is 22.0 Å². The maximum Gasteiger partial charge on any atom is 0.339 e. The molecule has 0 unspecified atom stereocenters. The van der Waals surface area contributed by atoms with Crippen LogP contribution in [0.4, 0.5) is 4.79 Å². The number of hydrogen-bond acceptors (Lipinski definition) is 3. The van der Waals surface area contributed by atoms with Gasteiger partial charge in [-0.3, -0.25) is 4.84 Å². The number of fused-ring (bicyclic) bond motifs is 1. The summed E-state index contributed by atoms with van der Waals surface area (Å²) in [5, 5.41) is 2.74. The average Bonchev–Trinajstić information content (AvgIpc) is 2.72. The second-order valence-electron chi connectivity index (χ2n) is 4.21.